The Bertz CT molecular complexity index is 870. The van der Waals surface area contributed by atoms with Crippen molar-refractivity contribution in [3.63, 3.8) is 0 Å². The molecule has 1 saturated heterocycles. The first-order chi connectivity index (χ1) is 13.7. The molecule has 1 N–H and O–H groups in total. The lowest BCUT2D eigenvalue weighted by Crippen LogP contribution is -2.49. The normalized spacial score (nSPS) is 16.1. The van der Waals surface area contributed by atoms with Crippen molar-refractivity contribution in [1.29, 1.82) is 0 Å². The number of aromatic nitrogens is 1. The maximum atomic E-state index is 12.8. The van der Waals surface area contributed by atoms with Gasteiger partial charge in [0.25, 0.3) is 0 Å². The van der Waals surface area contributed by atoms with E-state index in [1.807, 2.05) is 17.6 Å². The third-order valence-electron chi connectivity index (χ3n) is 4.97. The van der Waals surface area contributed by atoms with Gasteiger partial charge < -0.3 is 10.2 Å². The maximum absolute atomic E-state index is 12.8. The van der Waals surface area contributed by atoms with E-state index in [4.69, 9.17) is 0 Å². The first-order valence-corrected chi connectivity index (χ1v) is 11.2. The van der Waals surface area contributed by atoms with E-state index in [0.717, 1.165) is 41.8 Å². The van der Waals surface area contributed by atoms with Crippen molar-refractivity contribution in [3.05, 3.63) is 69.4 Å². The van der Waals surface area contributed by atoms with Crippen molar-refractivity contribution < 1.29 is 4.79 Å². The van der Waals surface area contributed by atoms with E-state index in [9.17, 15) is 4.79 Å². The second-order valence-electron chi connectivity index (χ2n) is 7.00. The molecule has 5 nitrogen and oxygen atoms in total. The Hall–Kier alpha value is -2.22. The van der Waals surface area contributed by atoms with E-state index < -0.39 is 0 Å². The number of hydrogen-bond acceptors (Lipinski definition) is 6. The van der Waals surface area contributed by atoms with Crippen LogP contribution in [0.15, 0.2) is 53.4 Å². The van der Waals surface area contributed by atoms with Gasteiger partial charge in [0.05, 0.1) is 12.6 Å². The zero-order chi connectivity index (χ0) is 19.3. The highest BCUT2D eigenvalue weighted by atomic mass is 32.1. The van der Waals surface area contributed by atoms with E-state index in [2.05, 4.69) is 62.7 Å². The van der Waals surface area contributed by atoms with Gasteiger partial charge in [-0.2, -0.15) is 0 Å². The smallest absolute Gasteiger partial charge is 0.234 e. The van der Waals surface area contributed by atoms with Crippen molar-refractivity contribution in [2.45, 2.75) is 13.0 Å². The lowest BCUT2D eigenvalue weighted by Gasteiger charge is -2.34. The van der Waals surface area contributed by atoms with Gasteiger partial charge in [0.2, 0.25) is 5.91 Å². The summed E-state index contributed by atoms with van der Waals surface area (Å²) in [6.07, 6.45) is 1.84. The summed E-state index contributed by atoms with van der Waals surface area (Å²) in [7, 11) is 0. The van der Waals surface area contributed by atoms with Crippen LogP contribution in [0, 0.1) is 6.92 Å². The average Bonchev–Trinajstić information content (AvgIpc) is 3.42. The topological polar surface area (TPSA) is 48.5 Å². The van der Waals surface area contributed by atoms with Gasteiger partial charge in [-0.15, -0.1) is 22.7 Å². The van der Waals surface area contributed by atoms with Gasteiger partial charge in [-0.1, -0.05) is 35.9 Å². The third kappa shape index (κ3) is 4.60. The number of thiophene rings is 1. The van der Waals surface area contributed by atoms with Crippen LogP contribution >= 0.6 is 22.7 Å². The fourth-order valence-corrected chi connectivity index (χ4v) is 4.91. The number of nitrogens with one attached hydrogen (secondary N) is 1. The summed E-state index contributed by atoms with van der Waals surface area (Å²) < 4.78 is 0. The van der Waals surface area contributed by atoms with Crippen LogP contribution in [0.25, 0.3) is 0 Å². The molecule has 0 radical (unpaired) electrons. The van der Waals surface area contributed by atoms with Crippen molar-refractivity contribution in [2.24, 2.45) is 0 Å². The summed E-state index contributed by atoms with van der Waals surface area (Å²) in [5, 5.41) is 8.38. The largest absolute Gasteiger partial charge is 0.346 e. The predicted octanol–water partition coefficient (Wildman–Crippen LogP) is 3.54. The maximum Gasteiger partial charge on any atom is 0.234 e. The minimum atomic E-state index is -0.0929. The molecule has 4 rings (SSSR count). The lowest BCUT2D eigenvalue weighted by molar-refractivity contribution is -0.122. The molecule has 1 unspecified atom stereocenters. The Kier molecular flexibility index (Phi) is 6.04. The first-order valence-electron chi connectivity index (χ1n) is 9.45. The number of hydrogen-bond donors (Lipinski definition) is 1. The summed E-state index contributed by atoms with van der Waals surface area (Å²) in [6, 6.07) is 12.4. The predicted molar refractivity (Wildman–Crippen MR) is 116 cm³/mol. The van der Waals surface area contributed by atoms with E-state index in [1.165, 1.54) is 5.56 Å². The Morgan fingerprint density at radius 2 is 1.89 bits per heavy atom. The summed E-state index contributed by atoms with van der Waals surface area (Å²) in [6.45, 7) is 6.08. The minimum absolute atomic E-state index is 0.0710. The number of rotatable bonds is 6. The third-order valence-corrected chi connectivity index (χ3v) is 6.74. The summed E-state index contributed by atoms with van der Waals surface area (Å²) >= 11 is 3.34. The molecular formula is C21H24N4OS2. The van der Waals surface area contributed by atoms with Crippen molar-refractivity contribution in [1.82, 2.24) is 15.2 Å². The zero-order valence-corrected chi connectivity index (χ0v) is 17.5. The first kappa shape index (κ1) is 19.1. The van der Waals surface area contributed by atoms with Crippen LogP contribution in [0.2, 0.25) is 0 Å². The van der Waals surface area contributed by atoms with Crippen LogP contribution < -0.4 is 10.2 Å². The molecule has 0 bridgehead atoms. The number of amides is 1. The highest BCUT2D eigenvalue weighted by molar-refractivity contribution is 7.13. The van der Waals surface area contributed by atoms with Gasteiger partial charge in [-0.25, -0.2) is 4.98 Å². The molecular weight excluding hydrogens is 388 g/mol. The Morgan fingerprint density at radius 1 is 1.11 bits per heavy atom. The lowest BCUT2D eigenvalue weighted by atomic mass is 10.0. The monoisotopic (exact) mass is 412 g/mol. The average molecular weight is 413 g/mol. The fourth-order valence-electron chi connectivity index (χ4n) is 3.41. The number of anilines is 1. The quantitative estimate of drug-likeness (QED) is 0.673. The van der Waals surface area contributed by atoms with E-state index in [-0.39, 0.29) is 11.9 Å². The summed E-state index contributed by atoms with van der Waals surface area (Å²) in [5.41, 5.74) is 2.34. The number of benzene rings is 1. The molecule has 0 saturated carbocycles. The van der Waals surface area contributed by atoms with Crippen LogP contribution in [0.1, 0.15) is 22.0 Å². The van der Waals surface area contributed by atoms with E-state index >= 15 is 0 Å². The SMILES string of the molecule is Cc1ccc(C(NC(=O)CN2CCN(c3nccs3)CC2)c2cccs2)cc1. The van der Waals surface area contributed by atoms with Gasteiger partial charge in [0.1, 0.15) is 0 Å². The van der Waals surface area contributed by atoms with E-state index in [0.29, 0.717) is 6.54 Å². The minimum Gasteiger partial charge on any atom is -0.346 e. The number of aryl methyl sites for hydroxylation is 1. The van der Waals surface area contributed by atoms with Crippen LogP contribution in [-0.4, -0.2) is 48.5 Å². The molecule has 3 heterocycles. The molecule has 0 aliphatic carbocycles. The highest BCUT2D eigenvalue weighted by Gasteiger charge is 2.23. The second kappa shape index (κ2) is 8.86. The Morgan fingerprint density at radius 3 is 2.54 bits per heavy atom. The number of carbonyl (C=O) groups excluding carboxylic acids is 1. The Labute approximate surface area is 173 Å². The van der Waals surface area contributed by atoms with Gasteiger partial charge in [0, 0.05) is 42.6 Å². The number of thiazole rings is 1. The van der Waals surface area contributed by atoms with Crippen molar-refractivity contribution in [3.8, 4) is 0 Å². The van der Waals surface area contributed by atoms with Gasteiger partial charge in [-0.05, 0) is 23.9 Å². The van der Waals surface area contributed by atoms with Gasteiger partial charge in [0.15, 0.2) is 5.13 Å². The highest BCUT2D eigenvalue weighted by Crippen LogP contribution is 2.26. The molecule has 146 valence electrons. The van der Waals surface area contributed by atoms with E-state index in [1.54, 1.807) is 22.7 Å². The van der Waals surface area contributed by atoms with Crippen molar-refractivity contribution in [2.75, 3.05) is 37.6 Å². The number of piperazine rings is 1. The standard InChI is InChI=1S/C21H24N4OS2/c1-16-4-6-17(7-5-16)20(18-3-2-13-27-18)23-19(26)15-24-9-11-25(12-10-24)21-22-8-14-28-21/h2-8,13-14,20H,9-12,15H2,1H3,(H,23,26). The summed E-state index contributed by atoms with van der Waals surface area (Å²) in [4.78, 5) is 22.8. The Balaban J connectivity index is 1.36. The molecule has 1 amide bonds. The molecule has 28 heavy (non-hydrogen) atoms. The molecule has 0 spiro atoms. The molecule has 1 aromatic carbocycles. The van der Waals surface area contributed by atoms with Crippen LogP contribution in [0.5, 0.6) is 0 Å². The molecule has 7 heteroatoms. The number of nitrogens with zero attached hydrogens (tertiary/aromatic N) is 3. The molecule has 1 aliphatic rings. The molecule has 2 aromatic heterocycles. The van der Waals surface area contributed by atoms with Crippen molar-refractivity contribution >= 4 is 33.7 Å². The molecule has 3 aromatic rings. The van der Waals surface area contributed by atoms with Gasteiger partial charge in [-0.3, -0.25) is 9.69 Å². The zero-order valence-electron chi connectivity index (χ0n) is 15.9. The second-order valence-corrected chi connectivity index (χ2v) is 8.86. The summed E-state index contributed by atoms with van der Waals surface area (Å²) in [5.74, 6) is 0.0710. The molecule has 1 aliphatic heterocycles. The fraction of sp³-hybridized carbons (Fsp3) is 0.333. The van der Waals surface area contributed by atoms with Crippen LogP contribution in [0.3, 0.4) is 0 Å². The van der Waals surface area contributed by atoms with Crippen LogP contribution in [-0.2, 0) is 4.79 Å². The molecule has 1 atom stereocenters. The molecule has 1 fully saturated rings. The van der Waals surface area contributed by atoms with Gasteiger partial charge >= 0.3 is 0 Å². The van der Waals surface area contributed by atoms with Crippen LogP contribution in [0.4, 0.5) is 5.13 Å². The number of carbonyl (C=O) groups is 1.